The van der Waals surface area contributed by atoms with Gasteiger partial charge in [-0.15, -0.1) is 0 Å². The highest BCUT2D eigenvalue weighted by atomic mass is 32.2. The largest absolute Gasteiger partial charge is 0.497 e. The van der Waals surface area contributed by atoms with Gasteiger partial charge in [-0.1, -0.05) is 29.8 Å². The monoisotopic (exact) mass is 525 g/mol. The molecule has 0 unspecified atom stereocenters. The molecule has 0 radical (unpaired) electrons. The minimum absolute atomic E-state index is 0.00116. The van der Waals surface area contributed by atoms with Crippen molar-refractivity contribution in [3.63, 3.8) is 0 Å². The summed E-state index contributed by atoms with van der Waals surface area (Å²) in [5.41, 5.74) is 2.61. The van der Waals surface area contributed by atoms with Crippen molar-refractivity contribution in [3.8, 4) is 11.5 Å². The van der Waals surface area contributed by atoms with Crippen LogP contribution < -0.4 is 9.47 Å². The van der Waals surface area contributed by atoms with Crippen LogP contribution >= 0.6 is 0 Å². The zero-order valence-electron chi connectivity index (χ0n) is 21.2. The molecule has 37 heavy (non-hydrogen) atoms. The molecule has 1 aliphatic rings. The van der Waals surface area contributed by atoms with Crippen LogP contribution in [0.2, 0.25) is 0 Å². The van der Waals surface area contributed by atoms with Gasteiger partial charge in [-0.2, -0.15) is 9.40 Å². The first-order valence-corrected chi connectivity index (χ1v) is 13.4. The maximum atomic E-state index is 13.7. The Balaban J connectivity index is 1.54. The fourth-order valence-corrected chi connectivity index (χ4v) is 5.42. The summed E-state index contributed by atoms with van der Waals surface area (Å²) in [6, 6.07) is 16.1. The van der Waals surface area contributed by atoms with Gasteiger partial charge in [0.15, 0.2) is 5.03 Å². The van der Waals surface area contributed by atoms with Crippen LogP contribution in [0.25, 0.3) is 0 Å². The molecule has 0 N–H and O–H groups in total. The molecule has 0 spiro atoms. The van der Waals surface area contributed by atoms with E-state index >= 15 is 0 Å². The first-order valence-electron chi connectivity index (χ1n) is 12.0. The van der Waals surface area contributed by atoms with Crippen LogP contribution in [0.15, 0.2) is 77.5 Å². The average Bonchev–Trinajstić information content (AvgIpc) is 3.37. The highest BCUT2D eigenvalue weighted by Gasteiger charge is 2.31. The quantitative estimate of drug-likeness (QED) is 0.274. The summed E-state index contributed by atoms with van der Waals surface area (Å²) in [5.74, 6) is 1.04. The summed E-state index contributed by atoms with van der Waals surface area (Å²) >= 11 is 0. The SMILES string of the molecule is CCOC(=O)C=C1CC(n2ccc(S(=O)(=O)N(Cc3ccc(OC)cc3)Cc3ccc(OC)cc3)n2)C1. The summed E-state index contributed by atoms with van der Waals surface area (Å²) < 4.78 is 46.0. The first kappa shape index (κ1) is 26.4. The maximum absolute atomic E-state index is 13.7. The molecule has 1 saturated carbocycles. The molecule has 0 bridgehead atoms. The van der Waals surface area contributed by atoms with E-state index in [1.807, 2.05) is 24.3 Å². The molecule has 9 nitrogen and oxygen atoms in total. The molecule has 1 heterocycles. The number of carbonyl (C=O) groups is 1. The van der Waals surface area contributed by atoms with Crippen LogP contribution in [0.3, 0.4) is 0 Å². The summed E-state index contributed by atoms with van der Waals surface area (Å²) in [4.78, 5) is 11.7. The number of allylic oxidation sites excluding steroid dienone is 1. The predicted octanol–water partition coefficient (Wildman–Crippen LogP) is 4.12. The highest BCUT2D eigenvalue weighted by molar-refractivity contribution is 7.89. The van der Waals surface area contributed by atoms with Crippen molar-refractivity contribution >= 4 is 16.0 Å². The Morgan fingerprint density at radius 3 is 2.00 bits per heavy atom. The van der Waals surface area contributed by atoms with E-state index in [0.29, 0.717) is 30.9 Å². The normalized spacial score (nSPS) is 15.2. The van der Waals surface area contributed by atoms with Crippen molar-refractivity contribution in [2.24, 2.45) is 0 Å². The summed E-state index contributed by atoms with van der Waals surface area (Å²) in [7, 11) is -0.742. The second kappa shape index (κ2) is 11.6. The van der Waals surface area contributed by atoms with E-state index in [1.165, 1.54) is 16.4 Å². The lowest BCUT2D eigenvalue weighted by Gasteiger charge is -2.29. The Bertz CT molecular complexity index is 1290. The van der Waals surface area contributed by atoms with E-state index in [0.717, 1.165) is 16.7 Å². The molecule has 0 aliphatic heterocycles. The number of hydrogen-bond donors (Lipinski definition) is 0. The van der Waals surface area contributed by atoms with E-state index in [4.69, 9.17) is 14.2 Å². The number of nitrogens with zero attached hydrogens (tertiary/aromatic N) is 3. The van der Waals surface area contributed by atoms with Crippen molar-refractivity contribution in [1.29, 1.82) is 0 Å². The zero-order chi connectivity index (χ0) is 26.4. The molecule has 196 valence electrons. The first-order chi connectivity index (χ1) is 17.8. The second-order valence-corrected chi connectivity index (χ2v) is 10.6. The number of aromatic nitrogens is 2. The standard InChI is InChI=1S/C27H31N3O6S/c1-4-36-27(31)17-22-15-23(16-22)30-14-13-26(28-30)37(32,33)29(18-20-5-9-24(34-2)10-6-20)19-21-7-11-25(35-3)12-8-21/h5-14,17,23H,4,15-16,18-19H2,1-3H3. The van der Waals surface area contributed by atoms with E-state index < -0.39 is 10.0 Å². The number of methoxy groups -OCH3 is 2. The third kappa shape index (κ3) is 6.39. The minimum atomic E-state index is -3.92. The fourth-order valence-electron chi connectivity index (χ4n) is 4.09. The van der Waals surface area contributed by atoms with Crippen LogP contribution in [-0.4, -0.2) is 49.3 Å². The van der Waals surface area contributed by atoms with Crippen molar-refractivity contribution < 1.29 is 27.4 Å². The van der Waals surface area contributed by atoms with E-state index in [-0.39, 0.29) is 30.1 Å². The van der Waals surface area contributed by atoms with Gasteiger partial charge in [0.05, 0.1) is 26.9 Å². The van der Waals surface area contributed by atoms with Gasteiger partial charge in [0.2, 0.25) is 0 Å². The van der Waals surface area contributed by atoms with Crippen molar-refractivity contribution in [1.82, 2.24) is 14.1 Å². The van der Waals surface area contributed by atoms with Crippen molar-refractivity contribution in [3.05, 3.63) is 83.6 Å². The Kier molecular flexibility index (Phi) is 8.30. The minimum Gasteiger partial charge on any atom is -0.497 e. The van der Waals surface area contributed by atoms with Gasteiger partial charge in [-0.25, -0.2) is 13.2 Å². The third-order valence-corrected chi connectivity index (χ3v) is 7.89. The number of benzene rings is 2. The molecule has 0 saturated heterocycles. The van der Waals surface area contributed by atoms with Crippen LogP contribution in [-0.2, 0) is 32.6 Å². The number of sulfonamides is 1. The molecule has 3 aromatic rings. The van der Waals surface area contributed by atoms with Gasteiger partial charge in [-0.3, -0.25) is 4.68 Å². The lowest BCUT2D eigenvalue weighted by Crippen LogP contribution is -2.31. The molecule has 1 aliphatic carbocycles. The van der Waals surface area contributed by atoms with Gasteiger partial charge in [-0.05, 0) is 61.2 Å². The third-order valence-electron chi connectivity index (χ3n) is 6.20. The lowest BCUT2D eigenvalue weighted by atomic mass is 9.86. The maximum Gasteiger partial charge on any atom is 0.330 e. The Morgan fingerprint density at radius 2 is 1.51 bits per heavy atom. The van der Waals surface area contributed by atoms with Crippen LogP contribution in [0.1, 0.15) is 36.9 Å². The van der Waals surface area contributed by atoms with Gasteiger partial charge in [0.25, 0.3) is 10.0 Å². The predicted molar refractivity (Wildman–Crippen MR) is 138 cm³/mol. The summed E-state index contributed by atoms with van der Waals surface area (Å²) in [6.07, 6.45) is 4.44. The molecule has 2 aromatic carbocycles. The van der Waals surface area contributed by atoms with E-state index in [1.54, 1.807) is 56.3 Å². The van der Waals surface area contributed by atoms with E-state index in [9.17, 15) is 13.2 Å². The van der Waals surface area contributed by atoms with Crippen LogP contribution in [0.5, 0.6) is 11.5 Å². The molecule has 1 fully saturated rings. The Hall–Kier alpha value is -3.63. The smallest absolute Gasteiger partial charge is 0.330 e. The molecular weight excluding hydrogens is 494 g/mol. The molecule has 4 rings (SSSR count). The van der Waals surface area contributed by atoms with Crippen LogP contribution in [0.4, 0.5) is 0 Å². The number of carbonyl (C=O) groups excluding carboxylic acids is 1. The Labute approximate surface area is 217 Å². The number of ether oxygens (including phenoxy) is 3. The van der Waals surface area contributed by atoms with Crippen molar-refractivity contribution in [2.45, 2.75) is 43.9 Å². The van der Waals surface area contributed by atoms with Gasteiger partial charge in [0.1, 0.15) is 11.5 Å². The van der Waals surface area contributed by atoms with E-state index in [2.05, 4.69) is 5.10 Å². The summed E-state index contributed by atoms with van der Waals surface area (Å²) in [6.45, 7) is 2.43. The molecule has 0 amide bonds. The molecule has 10 heteroatoms. The number of rotatable bonds is 11. The Morgan fingerprint density at radius 1 is 0.973 bits per heavy atom. The van der Waals surface area contributed by atoms with Gasteiger partial charge in [0, 0.05) is 25.4 Å². The topological polar surface area (TPSA) is 100.0 Å². The van der Waals surface area contributed by atoms with Gasteiger partial charge < -0.3 is 14.2 Å². The molecule has 1 aromatic heterocycles. The molecule has 0 atom stereocenters. The lowest BCUT2D eigenvalue weighted by molar-refractivity contribution is -0.137. The summed E-state index contributed by atoms with van der Waals surface area (Å²) in [5, 5.41) is 4.40. The highest BCUT2D eigenvalue weighted by Crippen LogP contribution is 2.37. The molecular formula is C27H31N3O6S. The second-order valence-electron chi connectivity index (χ2n) is 8.72. The van der Waals surface area contributed by atoms with Gasteiger partial charge >= 0.3 is 5.97 Å². The number of hydrogen-bond acceptors (Lipinski definition) is 7. The van der Waals surface area contributed by atoms with Crippen LogP contribution in [0, 0.1) is 0 Å². The van der Waals surface area contributed by atoms with Crippen molar-refractivity contribution in [2.75, 3.05) is 20.8 Å². The fraction of sp³-hybridized carbons (Fsp3) is 0.333. The number of esters is 1. The zero-order valence-corrected chi connectivity index (χ0v) is 22.0. The average molecular weight is 526 g/mol.